The molecule has 2 N–H and O–H groups in total. The number of hydrogen-bond acceptors (Lipinski definition) is 6. The Hall–Kier alpha value is -4.01. The van der Waals surface area contributed by atoms with E-state index in [2.05, 4.69) is 20.3 Å². The number of nitrogens with zero attached hydrogens (tertiary/aromatic N) is 3. The van der Waals surface area contributed by atoms with E-state index in [4.69, 9.17) is 4.74 Å². The minimum absolute atomic E-state index is 0.109. The van der Waals surface area contributed by atoms with Gasteiger partial charge >= 0.3 is 5.69 Å². The highest BCUT2D eigenvalue weighted by Gasteiger charge is 2.29. The Morgan fingerprint density at radius 1 is 1.26 bits per heavy atom. The fourth-order valence-electron chi connectivity index (χ4n) is 4.21. The number of hydrogen-bond donors (Lipinski definition) is 2. The van der Waals surface area contributed by atoms with Crippen LogP contribution in [-0.4, -0.2) is 32.5 Å². The average molecular weight is 460 g/mol. The van der Waals surface area contributed by atoms with Crippen molar-refractivity contribution in [1.82, 2.24) is 19.5 Å². The number of pyridine rings is 2. The predicted molar refractivity (Wildman–Crippen MR) is 130 cm³/mol. The highest BCUT2D eigenvalue weighted by atomic mass is 16.5. The Bertz CT molecular complexity index is 1550. The molecule has 0 aliphatic heterocycles. The minimum Gasteiger partial charge on any atom is -0.494 e. The lowest BCUT2D eigenvalue weighted by Gasteiger charge is -2.15. The van der Waals surface area contributed by atoms with Gasteiger partial charge in [-0.15, -0.1) is 0 Å². The van der Waals surface area contributed by atoms with Crippen LogP contribution in [0.15, 0.2) is 46.1 Å². The molecule has 3 aromatic heterocycles. The number of benzene rings is 1. The molecule has 1 saturated carbocycles. The van der Waals surface area contributed by atoms with Gasteiger partial charge in [0.25, 0.3) is 11.5 Å². The van der Waals surface area contributed by atoms with Crippen molar-refractivity contribution >= 4 is 33.5 Å². The van der Waals surface area contributed by atoms with Crippen LogP contribution in [0.5, 0.6) is 5.75 Å². The molecule has 0 bridgehead atoms. The highest BCUT2D eigenvalue weighted by Crippen LogP contribution is 2.40. The van der Waals surface area contributed by atoms with Gasteiger partial charge in [-0.05, 0) is 49.1 Å². The van der Waals surface area contributed by atoms with Crippen molar-refractivity contribution in [2.45, 2.75) is 39.2 Å². The van der Waals surface area contributed by atoms with Gasteiger partial charge in [0.1, 0.15) is 11.3 Å². The maximum Gasteiger partial charge on any atom is 0.330 e. The Kier molecular flexibility index (Phi) is 5.39. The van der Waals surface area contributed by atoms with E-state index in [0.29, 0.717) is 28.9 Å². The summed E-state index contributed by atoms with van der Waals surface area (Å²) in [5.74, 6) is 0.510. The van der Waals surface area contributed by atoms with E-state index in [-0.39, 0.29) is 28.4 Å². The van der Waals surface area contributed by atoms with E-state index in [0.717, 1.165) is 18.5 Å². The van der Waals surface area contributed by atoms with Crippen LogP contribution < -0.4 is 21.3 Å². The number of aromatic amines is 1. The van der Waals surface area contributed by atoms with Gasteiger partial charge in [0.2, 0.25) is 0 Å². The monoisotopic (exact) mass is 459 g/mol. The van der Waals surface area contributed by atoms with Gasteiger partial charge in [-0.3, -0.25) is 24.1 Å². The molecule has 34 heavy (non-hydrogen) atoms. The summed E-state index contributed by atoms with van der Waals surface area (Å²) in [7, 11) is 1.56. The first-order valence-corrected chi connectivity index (χ1v) is 11.3. The maximum atomic E-state index is 13.6. The third kappa shape index (κ3) is 3.83. The third-order valence-corrected chi connectivity index (χ3v) is 5.96. The number of anilines is 1. The summed E-state index contributed by atoms with van der Waals surface area (Å²) in [5, 5.41) is 3.75. The quantitative estimate of drug-likeness (QED) is 0.456. The van der Waals surface area contributed by atoms with Gasteiger partial charge < -0.3 is 10.1 Å². The smallest absolute Gasteiger partial charge is 0.330 e. The Balaban J connectivity index is 1.68. The molecular weight excluding hydrogens is 434 g/mol. The molecule has 1 aliphatic carbocycles. The summed E-state index contributed by atoms with van der Waals surface area (Å²) in [6.45, 7) is 4.33. The molecule has 0 radical (unpaired) electrons. The summed E-state index contributed by atoms with van der Waals surface area (Å²) in [5.41, 5.74) is 1.17. The lowest BCUT2D eigenvalue weighted by atomic mass is 10.1. The van der Waals surface area contributed by atoms with E-state index in [1.807, 2.05) is 19.9 Å². The van der Waals surface area contributed by atoms with Crippen molar-refractivity contribution in [2.75, 3.05) is 12.4 Å². The van der Waals surface area contributed by atoms with Gasteiger partial charge in [-0.2, -0.15) is 0 Å². The number of carbonyl (C=O) groups is 1. The van der Waals surface area contributed by atoms with Crippen molar-refractivity contribution in [3.8, 4) is 5.75 Å². The van der Waals surface area contributed by atoms with Crippen molar-refractivity contribution in [1.29, 1.82) is 0 Å². The van der Waals surface area contributed by atoms with Gasteiger partial charge in [-0.1, -0.05) is 13.8 Å². The number of amides is 1. The Morgan fingerprint density at radius 3 is 2.76 bits per heavy atom. The molecule has 0 spiro atoms. The number of ether oxygens (including phenoxy) is 1. The third-order valence-electron chi connectivity index (χ3n) is 5.96. The molecule has 3 heterocycles. The summed E-state index contributed by atoms with van der Waals surface area (Å²) < 4.78 is 6.84. The lowest BCUT2D eigenvalue weighted by molar-refractivity contribution is 0.102. The molecule has 0 atom stereocenters. The van der Waals surface area contributed by atoms with Crippen LogP contribution in [0.1, 0.15) is 48.7 Å². The maximum absolute atomic E-state index is 13.6. The molecule has 4 aromatic rings. The summed E-state index contributed by atoms with van der Waals surface area (Å²) in [6, 6.07) is 8.77. The normalized spacial score (nSPS) is 13.5. The number of methoxy groups -OCH3 is 1. The first-order valence-electron chi connectivity index (χ1n) is 11.3. The minimum atomic E-state index is -0.624. The second kappa shape index (κ2) is 8.40. The van der Waals surface area contributed by atoms with Crippen molar-refractivity contribution in [3.63, 3.8) is 0 Å². The topological polar surface area (TPSA) is 119 Å². The second-order valence-electron chi connectivity index (χ2n) is 9.00. The van der Waals surface area contributed by atoms with Crippen molar-refractivity contribution in [2.24, 2.45) is 5.92 Å². The van der Waals surface area contributed by atoms with Crippen LogP contribution in [0.25, 0.3) is 21.9 Å². The molecule has 5 rings (SSSR count). The van der Waals surface area contributed by atoms with Gasteiger partial charge in [0.15, 0.2) is 5.65 Å². The van der Waals surface area contributed by atoms with Gasteiger partial charge in [0, 0.05) is 29.7 Å². The van der Waals surface area contributed by atoms with E-state index < -0.39 is 17.2 Å². The Morgan fingerprint density at radius 2 is 2.06 bits per heavy atom. The number of aromatic nitrogens is 4. The summed E-state index contributed by atoms with van der Waals surface area (Å²) in [4.78, 5) is 50.5. The molecule has 1 fully saturated rings. The zero-order chi connectivity index (χ0) is 24.0. The van der Waals surface area contributed by atoms with Crippen LogP contribution in [0.4, 0.5) is 5.69 Å². The first-order chi connectivity index (χ1) is 16.4. The van der Waals surface area contributed by atoms with E-state index in [1.54, 1.807) is 37.6 Å². The van der Waals surface area contributed by atoms with Crippen molar-refractivity contribution in [3.05, 3.63) is 68.6 Å². The molecular formula is C25H25N5O4. The molecule has 1 aromatic carbocycles. The highest BCUT2D eigenvalue weighted by molar-refractivity contribution is 6.14. The molecule has 1 amide bonds. The standard InChI is InChI=1S/C25H25N5O4/c1-13(2)12-30-22-20(24(32)29-25(30)33)16(11-18(27-22)14-6-7-14)23(31)28-17-8-9-19(34-3)21-15(17)5-4-10-26-21/h4-5,8-11,13-14H,6-7,12H2,1-3H3,(H,28,31)(H,29,32,33). The van der Waals surface area contributed by atoms with Crippen LogP contribution in [0.2, 0.25) is 0 Å². The number of nitrogens with one attached hydrogen (secondary N) is 2. The molecule has 0 unspecified atom stereocenters. The van der Waals surface area contributed by atoms with E-state index in [1.165, 1.54) is 4.57 Å². The SMILES string of the molecule is COc1ccc(NC(=O)c2cc(C3CC3)nc3c2c(=O)[nH]c(=O)n3CC(C)C)c2cccnc12. The molecule has 9 heteroatoms. The van der Waals surface area contributed by atoms with Crippen LogP contribution in [-0.2, 0) is 6.54 Å². The van der Waals surface area contributed by atoms with Crippen LogP contribution >= 0.6 is 0 Å². The first kappa shape index (κ1) is 21.8. The lowest BCUT2D eigenvalue weighted by Crippen LogP contribution is -2.33. The van der Waals surface area contributed by atoms with Crippen LogP contribution in [0, 0.1) is 5.92 Å². The zero-order valence-corrected chi connectivity index (χ0v) is 19.2. The van der Waals surface area contributed by atoms with E-state index in [9.17, 15) is 14.4 Å². The number of rotatable bonds is 6. The molecule has 1 aliphatic rings. The van der Waals surface area contributed by atoms with Gasteiger partial charge in [-0.25, -0.2) is 9.78 Å². The van der Waals surface area contributed by atoms with Crippen molar-refractivity contribution < 1.29 is 9.53 Å². The van der Waals surface area contributed by atoms with E-state index >= 15 is 0 Å². The molecule has 9 nitrogen and oxygen atoms in total. The summed E-state index contributed by atoms with van der Waals surface area (Å²) in [6.07, 6.45) is 3.58. The fourth-order valence-corrected chi connectivity index (χ4v) is 4.21. The predicted octanol–water partition coefficient (Wildman–Crippen LogP) is 3.43. The average Bonchev–Trinajstić information content (AvgIpc) is 3.66. The number of H-pyrrole nitrogens is 1. The fraction of sp³-hybridized carbons (Fsp3) is 0.320. The largest absolute Gasteiger partial charge is 0.494 e. The molecule has 0 saturated heterocycles. The zero-order valence-electron chi connectivity index (χ0n) is 19.2. The summed E-state index contributed by atoms with van der Waals surface area (Å²) >= 11 is 0. The second-order valence-corrected chi connectivity index (χ2v) is 9.00. The van der Waals surface area contributed by atoms with Crippen LogP contribution in [0.3, 0.4) is 0 Å². The Labute approximate surface area is 194 Å². The molecule has 174 valence electrons. The number of carbonyl (C=O) groups excluding carboxylic acids is 1. The number of fused-ring (bicyclic) bond motifs is 2. The van der Waals surface area contributed by atoms with Gasteiger partial charge in [0.05, 0.1) is 23.7 Å².